The van der Waals surface area contributed by atoms with Crippen LogP contribution in [-0.4, -0.2) is 17.0 Å². The van der Waals surface area contributed by atoms with Crippen molar-refractivity contribution < 1.29 is 4.79 Å². The van der Waals surface area contributed by atoms with Gasteiger partial charge in [0, 0.05) is 18.6 Å². The molecule has 0 fully saturated rings. The Morgan fingerprint density at radius 2 is 2.50 bits per heavy atom. The topological polar surface area (TPSA) is 41.5 Å². The number of hydrogen-bond donors (Lipinski definition) is 1. The van der Waals surface area contributed by atoms with Gasteiger partial charge in [-0.3, -0.25) is 9.79 Å². The van der Waals surface area contributed by atoms with E-state index in [2.05, 4.69) is 10.3 Å². The number of carbonyl (C=O) groups excluding carboxylic acids is 1. The minimum Gasteiger partial charge on any atom is -0.372 e. The molecule has 1 heterocycles. The van der Waals surface area contributed by atoms with Crippen molar-refractivity contribution in [3.63, 3.8) is 0 Å². The van der Waals surface area contributed by atoms with Gasteiger partial charge in [-0.05, 0) is 18.5 Å². The summed E-state index contributed by atoms with van der Waals surface area (Å²) in [7, 11) is 0. The first-order valence-electron chi connectivity index (χ1n) is 2.82. The molecule has 0 saturated heterocycles. The fourth-order valence-electron chi connectivity index (χ4n) is 0.590. The number of nitrogens with one attached hydrogen (secondary N) is 1. The Balaban J connectivity index is 2.80. The van der Waals surface area contributed by atoms with Crippen LogP contribution in [0.3, 0.4) is 0 Å². The van der Waals surface area contributed by atoms with E-state index in [1.165, 1.54) is 6.21 Å². The molecular weight excluding hydrogens is 152 g/mol. The van der Waals surface area contributed by atoms with Crippen LogP contribution in [0.5, 0.6) is 0 Å². The number of aliphatic imine (C=N–C) groups is 1. The lowest BCUT2D eigenvalue weighted by Crippen LogP contribution is -2.47. The predicted molar refractivity (Wildman–Crippen MR) is 40.0 cm³/mol. The van der Waals surface area contributed by atoms with Crippen LogP contribution in [0.2, 0.25) is 0 Å². The van der Waals surface area contributed by atoms with Crippen LogP contribution in [-0.2, 0) is 4.79 Å². The van der Waals surface area contributed by atoms with Crippen molar-refractivity contribution in [3.8, 4) is 0 Å². The van der Waals surface area contributed by atoms with Gasteiger partial charge in [-0.1, -0.05) is 0 Å². The molecule has 1 aliphatic heterocycles. The summed E-state index contributed by atoms with van der Waals surface area (Å²) in [4.78, 5) is 14.5. The quantitative estimate of drug-likeness (QED) is 0.570. The second-order valence-electron chi connectivity index (χ2n) is 2.21. The third kappa shape index (κ3) is 1.19. The third-order valence-corrected chi connectivity index (χ3v) is 1.68. The van der Waals surface area contributed by atoms with Crippen LogP contribution in [0.4, 0.5) is 0 Å². The van der Waals surface area contributed by atoms with Crippen LogP contribution in [0.25, 0.3) is 0 Å². The molecule has 0 amide bonds. The third-order valence-electron chi connectivity index (χ3n) is 1.28. The molecule has 4 heteroatoms. The fraction of sp³-hybridized carbons (Fsp3) is 0.333. The molecule has 1 atom stereocenters. The summed E-state index contributed by atoms with van der Waals surface area (Å²) in [6, 6.07) is 0. The first kappa shape index (κ1) is 7.28. The lowest BCUT2D eigenvalue weighted by Gasteiger charge is -2.22. The number of nitrogens with zero attached hydrogens (tertiary/aromatic N) is 1. The molecule has 0 spiro atoms. The normalized spacial score (nSPS) is 29.8. The second-order valence-corrected chi connectivity index (χ2v) is 2.56. The molecule has 0 bridgehead atoms. The highest BCUT2D eigenvalue weighted by molar-refractivity contribution is 6.67. The monoisotopic (exact) mass is 158 g/mol. The Morgan fingerprint density at radius 1 is 1.80 bits per heavy atom. The van der Waals surface area contributed by atoms with Crippen LogP contribution in [0.1, 0.15) is 6.92 Å². The highest BCUT2D eigenvalue weighted by Gasteiger charge is 2.29. The Labute approximate surface area is 63.8 Å². The van der Waals surface area contributed by atoms with Crippen molar-refractivity contribution >= 4 is 23.1 Å². The molecule has 0 aromatic rings. The Kier molecular flexibility index (Phi) is 1.76. The zero-order valence-corrected chi connectivity index (χ0v) is 6.22. The van der Waals surface area contributed by atoms with E-state index >= 15 is 0 Å². The lowest BCUT2D eigenvalue weighted by molar-refractivity contribution is -0.114. The first-order chi connectivity index (χ1) is 4.65. The van der Waals surface area contributed by atoms with Gasteiger partial charge in [0.15, 0.2) is 0 Å². The Bertz CT molecular complexity index is 212. The Hall–Kier alpha value is -0.830. The van der Waals surface area contributed by atoms with Gasteiger partial charge in [0.1, 0.15) is 5.54 Å². The van der Waals surface area contributed by atoms with Gasteiger partial charge < -0.3 is 5.32 Å². The van der Waals surface area contributed by atoms with E-state index < -0.39 is 10.8 Å². The van der Waals surface area contributed by atoms with Gasteiger partial charge in [0.05, 0.1) is 0 Å². The summed E-state index contributed by atoms with van der Waals surface area (Å²) in [6.45, 7) is 1.66. The van der Waals surface area contributed by atoms with Crippen LogP contribution >= 0.6 is 11.6 Å². The van der Waals surface area contributed by atoms with E-state index in [1.807, 2.05) is 0 Å². The van der Waals surface area contributed by atoms with Crippen molar-refractivity contribution in [2.45, 2.75) is 12.5 Å². The van der Waals surface area contributed by atoms with E-state index in [4.69, 9.17) is 11.6 Å². The number of halogens is 1. The molecule has 1 aliphatic rings. The van der Waals surface area contributed by atoms with Gasteiger partial charge in [0.25, 0.3) is 5.24 Å². The van der Waals surface area contributed by atoms with Crippen molar-refractivity contribution in [2.24, 2.45) is 4.99 Å². The molecule has 1 N–H and O–H groups in total. The van der Waals surface area contributed by atoms with Crippen LogP contribution < -0.4 is 5.32 Å². The number of rotatable bonds is 1. The van der Waals surface area contributed by atoms with E-state index in [0.717, 1.165) is 0 Å². The van der Waals surface area contributed by atoms with E-state index in [-0.39, 0.29) is 0 Å². The van der Waals surface area contributed by atoms with Crippen LogP contribution in [0, 0.1) is 0 Å². The average molecular weight is 159 g/mol. The van der Waals surface area contributed by atoms with E-state index in [0.29, 0.717) is 0 Å². The number of carbonyl (C=O) groups is 1. The maximum Gasteiger partial charge on any atom is 0.252 e. The maximum atomic E-state index is 10.7. The molecule has 10 heavy (non-hydrogen) atoms. The smallest absolute Gasteiger partial charge is 0.252 e. The molecule has 0 aliphatic carbocycles. The second kappa shape index (κ2) is 2.42. The molecule has 1 unspecified atom stereocenters. The zero-order valence-electron chi connectivity index (χ0n) is 5.47. The summed E-state index contributed by atoms with van der Waals surface area (Å²) in [5.74, 6) is 0. The minimum absolute atomic E-state index is 0.458. The first-order valence-corrected chi connectivity index (χ1v) is 3.20. The standard InChI is InChI=1S/C6H7ClN2O/c1-6(5(7)10)4-8-2-3-9-6/h2-4,9H,1H3. The van der Waals surface area contributed by atoms with Gasteiger partial charge in [-0.2, -0.15) is 0 Å². The van der Waals surface area contributed by atoms with Crippen molar-refractivity contribution in [3.05, 3.63) is 12.4 Å². The van der Waals surface area contributed by atoms with E-state index in [1.54, 1.807) is 19.3 Å². The van der Waals surface area contributed by atoms with Crippen molar-refractivity contribution in [1.82, 2.24) is 5.32 Å². The summed E-state index contributed by atoms with van der Waals surface area (Å²) >= 11 is 5.27. The summed E-state index contributed by atoms with van der Waals surface area (Å²) in [6.07, 6.45) is 4.62. The molecule has 1 rings (SSSR count). The highest BCUT2D eigenvalue weighted by atomic mass is 35.5. The molecule has 0 saturated carbocycles. The highest BCUT2D eigenvalue weighted by Crippen LogP contribution is 2.08. The zero-order chi connectivity index (χ0) is 7.61. The lowest BCUT2D eigenvalue weighted by atomic mass is 10.1. The summed E-state index contributed by atoms with van der Waals surface area (Å²) < 4.78 is 0. The van der Waals surface area contributed by atoms with Gasteiger partial charge in [-0.25, -0.2) is 0 Å². The fourth-order valence-corrected chi connectivity index (χ4v) is 0.694. The maximum absolute atomic E-state index is 10.7. The molecular formula is C6H7ClN2O. The largest absolute Gasteiger partial charge is 0.372 e. The number of hydrogen-bond acceptors (Lipinski definition) is 3. The summed E-state index contributed by atoms with van der Waals surface area (Å²) in [5.41, 5.74) is -0.823. The molecule has 0 aromatic carbocycles. The van der Waals surface area contributed by atoms with Crippen molar-refractivity contribution in [2.75, 3.05) is 0 Å². The molecule has 54 valence electrons. The molecule has 3 nitrogen and oxygen atoms in total. The van der Waals surface area contributed by atoms with Gasteiger partial charge >= 0.3 is 0 Å². The van der Waals surface area contributed by atoms with Gasteiger partial charge in [0.2, 0.25) is 0 Å². The molecule has 0 radical (unpaired) electrons. The predicted octanol–water partition coefficient (Wildman–Crippen LogP) is 0.656. The average Bonchev–Trinajstić information content (AvgIpc) is 1.89. The Morgan fingerprint density at radius 3 is 2.80 bits per heavy atom. The van der Waals surface area contributed by atoms with Crippen LogP contribution in [0.15, 0.2) is 17.4 Å². The van der Waals surface area contributed by atoms with Crippen molar-refractivity contribution in [1.29, 1.82) is 0 Å². The minimum atomic E-state index is -0.823. The van der Waals surface area contributed by atoms with E-state index in [9.17, 15) is 4.79 Å². The summed E-state index contributed by atoms with van der Waals surface area (Å²) in [5, 5.41) is 2.33. The molecule has 0 aromatic heterocycles. The SMILES string of the molecule is CC1(C(=O)Cl)C=NC=CN1. The van der Waals surface area contributed by atoms with Gasteiger partial charge in [-0.15, -0.1) is 0 Å².